The molecule has 32 heavy (non-hydrogen) atoms. The van der Waals surface area contributed by atoms with Crippen LogP contribution in [0.3, 0.4) is 0 Å². The van der Waals surface area contributed by atoms with Crippen LogP contribution in [0.4, 0.5) is 10.5 Å². The number of aromatic amines is 1. The molecule has 0 aliphatic carbocycles. The molecule has 5 rings (SSSR count). The quantitative estimate of drug-likeness (QED) is 0.454. The first-order valence-corrected chi connectivity index (χ1v) is 10.2. The minimum absolute atomic E-state index is 0.0782. The number of fused-ring (bicyclic) bond motifs is 1. The van der Waals surface area contributed by atoms with Gasteiger partial charge in [0.15, 0.2) is 11.5 Å². The van der Waals surface area contributed by atoms with Crippen LogP contribution in [0.1, 0.15) is 10.5 Å². The predicted octanol–water partition coefficient (Wildman–Crippen LogP) is 3.39. The van der Waals surface area contributed by atoms with Gasteiger partial charge in [0.1, 0.15) is 0 Å². The smallest absolute Gasteiger partial charge is 0.407 e. The van der Waals surface area contributed by atoms with Crippen molar-refractivity contribution in [1.82, 2.24) is 14.9 Å². The summed E-state index contributed by atoms with van der Waals surface area (Å²) in [4.78, 5) is 34.2. The van der Waals surface area contributed by atoms with Crippen molar-refractivity contribution in [2.75, 3.05) is 31.1 Å². The van der Waals surface area contributed by atoms with E-state index in [-0.39, 0.29) is 5.69 Å². The highest BCUT2D eigenvalue weighted by molar-refractivity contribution is 5.97. The first kappa shape index (κ1) is 19.7. The number of carboxylic acid groups (broad SMARTS) is 1. The van der Waals surface area contributed by atoms with Gasteiger partial charge in [-0.25, -0.2) is 9.78 Å². The van der Waals surface area contributed by atoms with Gasteiger partial charge in [-0.05, 0) is 47.9 Å². The van der Waals surface area contributed by atoms with Crippen molar-refractivity contribution in [2.45, 2.75) is 0 Å². The van der Waals surface area contributed by atoms with Gasteiger partial charge in [-0.2, -0.15) is 0 Å². The first-order valence-electron chi connectivity index (χ1n) is 10.2. The molecule has 2 aromatic carbocycles. The zero-order valence-electron chi connectivity index (χ0n) is 17.1. The first-order chi connectivity index (χ1) is 15.5. The van der Waals surface area contributed by atoms with Crippen LogP contribution < -0.4 is 10.6 Å². The Bertz CT molecular complexity index is 1300. The molecule has 0 spiro atoms. The van der Waals surface area contributed by atoms with E-state index in [0.29, 0.717) is 43.4 Å². The Labute approximate surface area is 183 Å². The molecule has 1 aliphatic heterocycles. The number of rotatable bonds is 4. The largest absolute Gasteiger partial charge is 0.465 e. The van der Waals surface area contributed by atoms with Crippen molar-refractivity contribution in [1.29, 1.82) is 0 Å². The van der Waals surface area contributed by atoms with E-state index in [1.807, 2.05) is 54.7 Å². The van der Waals surface area contributed by atoms with E-state index in [4.69, 9.17) is 15.3 Å². The van der Waals surface area contributed by atoms with Gasteiger partial charge in [-0.15, -0.1) is 0 Å². The third-order valence-corrected chi connectivity index (χ3v) is 5.71. The molecule has 2 amide bonds. The van der Waals surface area contributed by atoms with Gasteiger partial charge in [0, 0.05) is 54.7 Å². The summed E-state index contributed by atoms with van der Waals surface area (Å²) in [7, 11) is 0. The summed E-state index contributed by atoms with van der Waals surface area (Å²) >= 11 is 0. The lowest BCUT2D eigenvalue weighted by Crippen LogP contribution is -2.48. The number of hydrogen-bond donors (Lipinski definition) is 3. The van der Waals surface area contributed by atoms with E-state index in [9.17, 15) is 9.59 Å². The molecule has 0 bridgehead atoms. The molecule has 1 saturated heterocycles. The van der Waals surface area contributed by atoms with E-state index < -0.39 is 12.0 Å². The Hall–Kier alpha value is -4.27. The molecule has 0 atom stereocenters. The number of aromatic nitrogens is 2. The molecular weight excluding hydrogens is 410 g/mol. The van der Waals surface area contributed by atoms with Crippen LogP contribution >= 0.6 is 0 Å². The maximum atomic E-state index is 12.0. The highest BCUT2D eigenvalue weighted by Crippen LogP contribution is 2.32. The molecule has 4 N–H and O–H groups in total. The number of carbonyl (C=O) groups is 2. The van der Waals surface area contributed by atoms with Gasteiger partial charge in [0.2, 0.25) is 5.89 Å². The third-order valence-electron chi connectivity index (χ3n) is 5.71. The molecule has 3 heterocycles. The van der Waals surface area contributed by atoms with E-state index >= 15 is 0 Å². The summed E-state index contributed by atoms with van der Waals surface area (Å²) in [5.74, 6) is -0.0229. The van der Waals surface area contributed by atoms with Crippen LogP contribution in [0.15, 0.2) is 59.1 Å². The minimum atomic E-state index is -0.893. The maximum Gasteiger partial charge on any atom is 0.407 e. The summed E-state index contributed by atoms with van der Waals surface area (Å²) in [6.07, 6.45) is 0.961. The number of nitrogens with zero attached hydrogens (tertiary/aromatic N) is 3. The number of primary amides is 1. The highest BCUT2D eigenvalue weighted by Gasteiger charge is 2.23. The molecule has 9 heteroatoms. The topological polar surface area (TPSA) is 129 Å². The lowest BCUT2D eigenvalue weighted by atomic mass is 10.1. The van der Waals surface area contributed by atoms with Crippen molar-refractivity contribution in [3.05, 3.63) is 60.4 Å². The standard InChI is InChI=1S/C23H21N5O4/c24-21(29)19-20(32-22(26-19)16-2-1-14-7-8-25-18(14)13-16)15-3-5-17(6-4-15)27-9-11-28(12-10-27)23(30)31/h1-8,13,25H,9-12H2,(H2,24,29)(H,30,31). The molecule has 4 aromatic rings. The summed E-state index contributed by atoms with van der Waals surface area (Å²) in [5, 5.41) is 10.2. The van der Waals surface area contributed by atoms with Crippen molar-refractivity contribution < 1.29 is 19.1 Å². The summed E-state index contributed by atoms with van der Waals surface area (Å²) in [6.45, 7) is 2.15. The molecule has 0 saturated carbocycles. The average molecular weight is 431 g/mol. The normalized spacial score (nSPS) is 14.1. The molecule has 1 aliphatic rings. The third kappa shape index (κ3) is 3.53. The number of oxazole rings is 1. The average Bonchev–Trinajstić information content (AvgIpc) is 3.46. The Morgan fingerprint density at radius 1 is 1.00 bits per heavy atom. The zero-order valence-corrected chi connectivity index (χ0v) is 17.1. The summed E-state index contributed by atoms with van der Waals surface area (Å²) in [5.41, 5.74) is 8.98. The van der Waals surface area contributed by atoms with Gasteiger partial charge in [0.25, 0.3) is 5.91 Å². The molecule has 0 radical (unpaired) electrons. The Morgan fingerprint density at radius 3 is 2.41 bits per heavy atom. The number of nitrogens with one attached hydrogen (secondary N) is 1. The van der Waals surface area contributed by atoms with Gasteiger partial charge in [0.05, 0.1) is 0 Å². The fourth-order valence-electron chi connectivity index (χ4n) is 3.97. The van der Waals surface area contributed by atoms with E-state index in [2.05, 4.69) is 14.9 Å². The summed E-state index contributed by atoms with van der Waals surface area (Å²) < 4.78 is 5.99. The molecule has 2 aromatic heterocycles. The molecule has 9 nitrogen and oxygen atoms in total. The predicted molar refractivity (Wildman–Crippen MR) is 120 cm³/mol. The maximum absolute atomic E-state index is 12.0. The lowest BCUT2D eigenvalue weighted by molar-refractivity contribution is 0.0996. The van der Waals surface area contributed by atoms with Crippen molar-refractivity contribution in [3.63, 3.8) is 0 Å². The van der Waals surface area contributed by atoms with Crippen molar-refractivity contribution in [2.24, 2.45) is 5.73 Å². The minimum Gasteiger partial charge on any atom is -0.465 e. The van der Waals surface area contributed by atoms with Crippen LogP contribution in [-0.4, -0.2) is 58.2 Å². The number of hydrogen-bond acceptors (Lipinski definition) is 5. The SMILES string of the molecule is NC(=O)c1nc(-c2ccc3cc[nH]c3c2)oc1-c1ccc(N2CCN(C(=O)O)CC2)cc1. The van der Waals surface area contributed by atoms with Crippen LogP contribution in [-0.2, 0) is 0 Å². The number of H-pyrrole nitrogens is 1. The number of nitrogens with two attached hydrogens (primary N) is 1. The molecule has 162 valence electrons. The van der Waals surface area contributed by atoms with Gasteiger partial charge >= 0.3 is 6.09 Å². The number of anilines is 1. The fourth-order valence-corrected chi connectivity index (χ4v) is 3.97. The van der Waals surface area contributed by atoms with Crippen LogP contribution in [0.2, 0.25) is 0 Å². The van der Waals surface area contributed by atoms with E-state index in [1.54, 1.807) is 0 Å². The second-order valence-corrected chi connectivity index (χ2v) is 7.64. The van der Waals surface area contributed by atoms with Crippen LogP contribution in [0.5, 0.6) is 0 Å². The van der Waals surface area contributed by atoms with Crippen molar-refractivity contribution >= 4 is 28.6 Å². The Morgan fingerprint density at radius 2 is 1.72 bits per heavy atom. The molecule has 0 unspecified atom stereocenters. The van der Waals surface area contributed by atoms with Gasteiger partial charge < -0.3 is 30.0 Å². The Kier molecular flexibility index (Phi) is 4.78. The number of benzene rings is 2. The van der Waals surface area contributed by atoms with Crippen LogP contribution in [0, 0.1) is 0 Å². The monoisotopic (exact) mass is 431 g/mol. The molecular formula is C23H21N5O4. The van der Waals surface area contributed by atoms with Crippen LogP contribution in [0.25, 0.3) is 33.7 Å². The number of amides is 2. The number of piperazine rings is 1. The second-order valence-electron chi connectivity index (χ2n) is 7.64. The highest BCUT2D eigenvalue weighted by atomic mass is 16.4. The zero-order chi connectivity index (χ0) is 22.2. The van der Waals surface area contributed by atoms with E-state index in [1.165, 1.54) is 4.90 Å². The Balaban J connectivity index is 1.43. The second kappa shape index (κ2) is 7.77. The van der Waals surface area contributed by atoms with E-state index in [0.717, 1.165) is 22.2 Å². The molecule has 1 fully saturated rings. The lowest BCUT2D eigenvalue weighted by Gasteiger charge is -2.34. The summed E-state index contributed by atoms with van der Waals surface area (Å²) in [6, 6.07) is 15.3. The van der Waals surface area contributed by atoms with Gasteiger partial charge in [-0.1, -0.05) is 6.07 Å². The number of carbonyl (C=O) groups excluding carboxylic acids is 1. The van der Waals surface area contributed by atoms with Gasteiger partial charge in [-0.3, -0.25) is 4.79 Å². The fraction of sp³-hybridized carbons (Fsp3) is 0.174. The van der Waals surface area contributed by atoms with Crippen molar-refractivity contribution in [3.8, 4) is 22.8 Å².